The van der Waals surface area contributed by atoms with E-state index in [0.717, 1.165) is 27.4 Å². The summed E-state index contributed by atoms with van der Waals surface area (Å²) < 4.78 is 0. The third-order valence-corrected chi connectivity index (χ3v) is 4.35. The molecule has 124 valence electrons. The highest BCUT2D eigenvalue weighted by Crippen LogP contribution is 2.28. The molecule has 4 nitrogen and oxygen atoms in total. The van der Waals surface area contributed by atoms with Gasteiger partial charge in [-0.1, -0.05) is 35.9 Å². The molecule has 1 amide bonds. The lowest BCUT2D eigenvalue weighted by molar-refractivity contribution is -0.115. The number of anilines is 1. The van der Waals surface area contributed by atoms with E-state index in [4.69, 9.17) is 11.6 Å². The van der Waals surface area contributed by atoms with Gasteiger partial charge in [-0.15, -0.1) is 0 Å². The lowest BCUT2D eigenvalue weighted by atomic mass is 10.1. The molecule has 4 rings (SSSR count). The van der Waals surface area contributed by atoms with Crippen LogP contribution in [0.1, 0.15) is 5.56 Å². The van der Waals surface area contributed by atoms with E-state index in [1.165, 1.54) is 6.07 Å². The summed E-state index contributed by atoms with van der Waals surface area (Å²) in [7, 11) is 0. The van der Waals surface area contributed by atoms with Crippen molar-refractivity contribution >= 4 is 45.0 Å². The fourth-order valence-electron chi connectivity index (χ4n) is 3.01. The molecule has 0 radical (unpaired) electrons. The number of halogens is 1. The lowest BCUT2D eigenvalue weighted by Gasteiger charge is -2.06. The molecule has 0 bridgehead atoms. The van der Waals surface area contributed by atoms with E-state index in [1.807, 2.05) is 36.4 Å². The number of phenolic OH excluding ortho intramolecular Hbond substituents is 1. The smallest absolute Gasteiger partial charge is 0.228 e. The van der Waals surface area contributed by atoms with E-state index < -0.39 is 0 Å². The van der Waals surface area contributed by atoms with Gasteiger partial charge in [-0.25, -0.2) is 0 Å². The largest absolute Gasteiger partial charge is 0.508 e. The van der Waals surface area contributed by atoms with Crippen molar-refractivity contribution in [2.75, 3.05) is 5.32 Å². The molecule has 3 aromatic carbocycles. The van der Waals surface area contributed by atoms with Crippen molar-refractivity contribution in [3.63, 3.8) is 0 Å². The van der Waals surface area contributed by atoms with Gasteiger partial charge in [0, 0.05) is 38.6 Å². The standard InChI is InChI=1S/C20H15ClN2O2/c21-13-5-7-17-16-6-4-12(8-18(16)23-19(17)10-13)9-20(25)22-14-2-1-3-15(24)11-14/h1-8,10-11,23-24H,9H2,(H,22,25). The summed E-state index contributed by atoms with van der Waals surface area (Å²) in [5, 5.41) is 15.1. The minimum absolute atomic E-state index is 0.121. The van der Waals surface area contributed by atoms with Crippen molar-refractivity contribution in [3.05, 3.63) is 71.2 Å². The highest BCUT2D eigenvalue weighted by atomic mass is 35.5. The van der Waals surface area contributed by atoms with Crippen LogP contribution in [0.4, 0.5) is 5.69 Å². The molecule has 0 unspecified atom stereocenters. The monoisotopic (exact) mass is 350 g/mol. The number of hydrogen-bond acceptors (Lipinski definition) is 2. The van der Waals surface area contributed by atoms with E-state index in [2.05, 4.69) is 10.3 Å². The van der Waals surface area contributed by atoms with Crippen molar-refractivity contribution in [1.82, 2.24) is 4.98 Å². The molecule has 1 heterocycles. The van der Waals surface area contributed by atoms with Crippen LogP contribution in [-0.2, 0) is 11.2 Å². The van der Waals surface area contributed by atoms with Gasteiger partial charge >= 0.3 is 0 Å². The van der Waals surface area contributed by atoms with Gasteiger partial charge < -0.3 is 15.4 Å². The molecule has 0 fully saturated rings. The summed E-state index contributed by atoms with van der Waals surface area (Å²) >= 11 is 6.04. The molecule has 0 atom stereocenters. The Hall–Kier alpha value is -2.98. The maximum atomic E-state index is 12.2. The van der Waals surface area contributed by atoms with E-state index in [0.29, 0.717) is 10.7 Å². The molecule has 5 heteroatoms. The number of phenols is 1. The molecule has 1 aromatic heterocycles. The normalized spacial score (nSPS) is 11.1. The van der Waals surface area contributed by atoms with Crippen LogP contribution in [0.25, 0.3) is 21.8 Å². The van der Waals surface area contributed by atoms with Crippen LogP contribution in [-0.4, -0.2) is 16.0 Å². The molecule has 0 aliphatic heterocycles. The average Bonchev–Trinajstić information content (AvgIpc) is 2.91. The molecular formula is C20H15ClN2O2. The number of aromatic amines is 1. The van der Waals surface area contributed by atoms with Gasteiger partial charge in [0.25, 0.3) is 0 Å². The molecule has 0 aliphatic carbocycles. The van der Waals surface area contributed by atoms with Gasteiger partial charge in [0.15, 0.2) is 0 Å². The molecular weight excluding hydrogens is 336 g/mol. The Morgan fingerprint density at radius 1 is 1.00 bits per heavy atom. The number of carbonyl (C=O) groups is 1. The maximum absolute atomic E-state index is 12.2. The number of carbonyl (C=O) groups excluding carboxylic acids is 1. The fraction of sp³-hybridized carbons (Fsp3) is 0.0500. The first-order valence-electron chi connectivity index (χ1n) is 7.87. The quantitative estimate of drug-likeness (QED) is 0.494. The first-order chi connectivity index (χ1) is 12.1. The SMILES string of the molecule is O=C(Cc1ccc2c(c1)[nH]c1cc(Cl)ccc12)Nc1cccc(O)c1. The Morgan fingerprint density at radius 3 is 2.56 bits per heavy atom. The van der Waals surface area contributed by atoms with E-state index in [-0.39, 0.29) is 18.1 Å². The number of H-pyrrole nitrogens is 1. The van der Waals surface area contributed by atoms with Crippen LogP contribution >= 0.6 is 11.6 Å². The Labute approximate surface area is 149 Å². The van der Waals surface area contributed by atoms with Crippen molar-refractivity contribution in [1.29, 1.82) is 0 Å². The van der Waals surface area contributed by atoms with Gasteiger partial charge in [-0.05, 0) is 35.9 Å². The second-order valence-electron chi connectivity index (χ2n) is 5.97. The van der Waals surface area contributed by atoms with Crippen LogP contribution < -0.4 is 5.32 Å². The summed E-state index contributed by atoms with van der Waals surface area (Å²) in [5.41, 5.74) is 3.43. The van der Waals surface area contributed by atoms with Gasteiger partial charge in [0.1, 0.15) is 5.75 Å². The van der Waals surface area contributed by atoms with Gasteiger partial charge in [-0.2, -0.15) is 0 Å². The number of fused-ring (bicyclic) bond motifs is 3. The zero-order valence-electron chi connectivity index (χ0n) is 13.2. The summed E-state index contributed by atoms with van der Waals surface area (Å²) in [6.45, 7) is 0. The average molecular weight is 351 g/mol. The predicted octanol–water partition coefficient (Wildman–Crippen LogP) is 4.86. The molecule has 4 aromatic rings. The van der Waals surface area contributed by atoms with Crippen LogP contribution in [0.3, 0.4) is 0 Å². The molecule has 0 saturated carbocycles. The van der Waals surface area contributed by atoms with Crippen molar-refractivity contribution in [3.8, 4) is 5.75 Å². The zero-order valence-corrected chi connectivity index (χ0v) is 14.0. The molecule has 0 saturated heterocycles. The molecule has 25 heavy (non-hydrogen) atoms. The van der Waals surface area contributed by atoms with Crippen molar-refractivity contribution in [2.45, 2.75) is 6.42 Å². The van der Waals surface area contributed by atoms with E-state index in [1.54, 1.807) is 18.2 Å². The fourth-order valence-corrected chi connectivity index (χ4v) is 3.19. The van der Waals surface area contributed by atoms with Crippen LogP contribution in [0.5, 0.6) is 5.75 Å². The van der Waals surface area contributed by atoms with Crippen LogP contribution in [0.2, 0.25) is 5.02 Å². The van der Waals surface area contributed by atoms with Crippen molar-refractivity contribution in [2.24, 2.45) is 0 Å². The predicted molar refractivity (Wildman–Crippen MR) is 101 cm³/mol. The summed E-state index contributed by atoms with van der Waals surface area (Å²) in [6, 6.07) is 18.2. The Balaban J connectivity index is 1.59. The molecule has 3 N–H and O–H groups in total. The van der Waals surface area contributed by atoms with Crippen LogP contribution in [0.15, 0.2) is 60.7 Å². The zero-order chi connectivity index (χ0) is 17.4. The van der Waals surface area contributed by atoms with Crippen LogP contribution in [0, 0.1) is 0 Å². The molecule has 0 spiro atoms. The van der Waals surface area contributed by atoms with Crippen molar-refractivity contribution < 1.29 is 9.90 Å². The minimum atomic E-state index is -0.135. The maximum Gasteiger partial charge on any atom is 0.228 e. The summed E-state index contributed by atoms with van der Waals surface area (Å²) in [4.78, 5) is 15.6. The minimum Gasteiger partial charge on any atom is -0.508 e. The molecule has 0 aliphatic rings. The number of benzene rings is 3. The number of aromatic nitrogens is 1. The van der Waals surface area contributed by atoms with E-state index in [9.17, 15) is 9.90 Å². The first kappa shape index (κ1) is 15.5. The van der Waals surface area contributed by atoms with Gasteiger partial charge in [0.05, 0.1) is 6.42 Å². The van der Waals surface area contributed by atoms with E-state index >= 15 is 0 Å². The number of aromatic hydroxyl groups is 1. The number of rotatable bonds is 3. The number of nitrogens with one attached hydrogen (secondary N) is 2. The second kappa shape index (κ2) is 6.15. The number of amides is 1. The highest BCUT2D eigenvalue weighted by Gasteiger charge is 2.09. The lowest BCUT2D eigenvalue weighted by Crippen LogP contribution is -2.14. The van der Waals surface area contributed by atoms with Gasteiger partial charge in [0.2, 0.25) is 5.91 Å². The van der Waals surface area contributed by atoms with Gasteiger partial charge in [-0.3, -0.25) is 4.79 Å². The highest BCUT2D eigenvalue weighted by molar-refractivity contribution is 6.31. The summed E-state index contributed by atoms with van der Waals surface area (Å²) in [5.74, 6) is -0.0138. The Bertz CT molecular complexity index is 1100. The third-order valence-electron chi connectivity index (χ3n) is 4.12. The Kier molecular flexibility index (Phi) is 3.82. The summed E-state index contributed by atoms with van der Waals surface area (Å²) in [6.07, 6.45) is 0.252. The first-order valence-corrected chi connectivity index (χ1v) is 8.25. The Morgan fingerprint density at radius 2 is 1.76 bits per heavy atom. The third kappa shape index (κ3) is 3.16. The topological polar surface area (TPSA) is 65.1 Å². The second-order valence-corrected chi connectivity index (χ2v) is 6.41. The number of hydrogen-bond donors (Lipinski definition) is 3.